The van der Waals surface area contributed by atoms with Gasteiger partial charge in [-0.05, 0) is 53.1 Å². The van der Waals surface area contributed by atoms with E-state index in [1.54, 1.807) is 6.20 Å². The molecule has 2 rings (SSSR count). The van der Waals surface area contributed by atoms with Crippen LogP contribution in [0.4, 0.5) is 0 Å². The van der Waals surface area contributed by atoms with Gasteiger partial charge in [-0.15, -0.1) is 0 Å². The Bertz CT molecular complexity index is 411. The second kappa shape index (κ2) is 6.02. The molecule has 1 saturated carbocycles. The number of nitrogens with zero attached hydrogens (tertiary/aromatic N) is 1. The van der Waals surface area contributed by atoms with Crippen molar-refractivity contribution >= 4 is 15.9 Å². The third-order valence-electron chi connectivity index (χ3n) is 3.89. The SMILES string of the molecule is CC1CCC(Oc2ncc(Br)cc2CO)CC1C. The zero-order valence-electron chi connectivity index (χ0n) is 10.9. The summed E-state index contributed by atoms with van der Waals surface area (Å²) in [6.45, 7) is 4.54. The molecule has 0 aliphatic heterocycles. The third-order valence-corrected chi connectivity index (χ3v) is 4.32. The molecule has 0 radical (unpaired) electrons. The van der Waals surface area contributed by atoms with Gasteiger partial charge in [-0.1, -0.05) is 13.8 Å². The Hall–Kier alpha value is -0.610. The quantitative estimate of drug-likeness (QED) is 0.928. The lowest BCUT2D eigenvalue weighted by atomic mass is 9.80. The molecule has 1 aliphatic carbocycles. The largest absolute Gasteiger partial charge is 0.474 e. The summed E-state index contributed by atoms with van der Waals surface area (Å²) in [6.07, 6.45) is 5.30. The number of hydrogen-bond acceptors (Lipinski definition) is 3. The monoisotopic (exact) mass is 313 g/mol. The van der Waals surface area contributed by atoms with E-state index < -0.39 is 0 Å². The van der Waals surface area contributed by atoms with Gasteiger partial charge in [0.05, 0.1) is 6.61 Å². The number of aliphatic hydroxyl groups is 1. The topological polar surface area (TPSA) is 42.4 Å². The first-order valence-electron chi connectivity index (χ1n) is 6.52. The van der Waals surface area contributed by atoms with Crippen LogP contribution in [0.25, 0.3) is 0 Å². The van der Waals surface area contributed by atoms with Crippen molar-refractivity contribution < 1.29 is 9.84 Å². The van der Waals surface area contributed by atoms with Crippen molar-refractivity contribution in [2.45, 2.75) is 45.8 Å². The van der Waals surface area contributed by atoms with E-state index in [9.17, 15) is 5.11 Å². The molecule has 1 fully saturated rings. The minimum atomic E-state index is -0.0412. The molecule has 0 spiro atoms. The van der Waals surface area contributed by atoms with E-state index >= 15 is 0 Å². The van der Waals surface area contributed by atoms with E-state index in [2.05, 4.69) is 34.8 Å². The fourth-order valence-electron chi connectivity index (χ4n) is 2.45. The van der Waals surface area contributed by atoms with Crippen molar-refractivity contribution in [3.05, 3.63) is 22.3 Å². The maximum absolute atomic E-state index is 9.33. The molecule has 18 heavy (non-hydrogen) atoms. The van der Waals surface area contributed by atoms with Crippen LogP contribution in [0, 0.1) is 11.8 Å². The third kappa shape index (κ3) is 3.23. The van der Waals surface area contributed by atoms with Crippen molar-refractivity contribution in [2.75, 3.05) is 0 Å². The number of aromatic nitrogens is 1. The highest BCUT2D eigenvalue weighted by Crippen LogP contribution is 2.32. The molecule has 1 aromatic rings. The molecule has 3 atom stereocenters. The van der Waals surface area contributed by atoms with Crippen LogP contribution in [0.2, 0.25) is 0 Å². The molecule has 3 unspecified atom stereocenters. The second-order valence-electron chi connectivity index (χ2n) is 5.28. The highest BCUT2D eigenvalue weighted by Gasteiger charge is 2.26. The maximum atomic E-state index is 9.33. The van der Waals surface area contributed by atoms with Gasteiger partial charge in [-0.25, -0.2) is 4.98 Å². The normalized spacial score (nSPS) is 28.1. The van der Waals surface area contributed by atoms with Gasteiger partial charge in [0.25, 0.3) is 0 Å². The molecule has 100 valence electrons. The van der Waals surface area contributed by atoms with Gasteiger partial charge in [0.15, 0.2) is 0 Å². The predicted octanol–water partition coefficient (Wildman–Crippen LogP) is 3.54. The number of halogens is 1. The smallest absolute Gasteiger partial charge is 0.219 e. The zero-order valence-corrected chi connectivity index (χ0v) is 12.5. The Labute approximate surface area is 117 Å². The van der Waals surface area contributed by atoms with E-state index in [-0.39, 0.29) is 12.7 Å². The molecule has 0 bridgehead atoms. The highest BCUT2D eigenvalue weighted by atomic mass is 79.9. The first kappa shape index (κ1) is 13.8. The highest BCUT2D eigenvalue weighted by molar-refractivity contribution is 9.10. The zero-order chi connectivity index (χ0) is 13.1. The Morgan fingerprint density at radius 1 is 1.39 bits per heavy atom. The van der Waals surface area contributed by atoms with Crippen LogP contribution in [0.3, 0.4) is 0 Å². The van der Waals surface area contributed by atoms with E-state index in [1.807, 2.05) is 6.07 Å². The first-order chi connectivity index (χ1) is 8.60. The molecule has 0 saturated heterocycles. The molecular formula is C14H20BrNO2. The van der Waals surface area contributed by atoms with Gasteiger partial charge in [-0.3, -0.25) is 0 Å². The summed E-state index contributed by atoms with van der Waals surface area (Å²) in [5, 5.41) is 9.33. The van der Waals surface area contributed by atoms with Gasteiger partial charge in [-0.2, -0.15) is 0 Å². The average Bonchev–Trinajstić information content (AvgIpc) is 2.36. The lowest BCUT2D eigenvalue weighted by molar-refractivity contribution is 0.0937. The van der Waals surface area contributed by atoms with Gasteiger partial charge >= 0.3 is 0 Å². The minimum absolute atomic E-state index is 0.0412. The van der Waals surface area contributed by atoms with Gasteiger partial charge in [0.2, 0.25) is 5.88 Å². The molecule has 0 amide bonds. The van der Waals surface area contributed by atoms with Gasteiger partial charge in [0.1, 0.15) is 6.10 Å². The van der Waals surface area contributed by atoms with E-state index in [4.69, 9.17) is 4.74 Å². The lowest BCUT2D eigenvalue weighted by Gasteiger charge is -2.32. The van der Waals surface area contributed by atoms with E-state index in [0.717, 1.165) is 28.8 Å². The van der Waals surface area contributed by atoms with Gasteiger partial charge < -0.3 is 9.84 Å². The summed E-state index contributed by atoms with van der Waals surface area (Å²) in [7, 11) is 0. The molecular weight excluding hydrogens is 294 g/mol. The van der Waals surface area contributed by atoms with Crippen LogP contribution in [0.15, 0.2) is 16.7 Å². The van der Waals surface area contributed by atoms with Crippen molar-refractivity contribution in [1.29, 1.82) is 0 Å². The first-order valence-corrected chi connectivity index (χ1v) is 7.31. The Kier molecular flexibility index (Phi) is 4.62. The number of aliphatic hydroxyl groups excluding tert-OH is 1. The summed E-state index contributed by atoms with van der Waals surface area (Å²) in [4.78, 5) is 4.26. The molecule has 3 nitrogen and oxygen atoms in total. The number of rotatable bonds is 3. The molecule has 0 aromatic carbocycles. The molecule has 1 aliphatic rings. The number of hydrogen-bond donors (Lipinski definition) is 1. The van der Waals surface area contributed by atoms with Crippen LogP contribution in [-0.2, 0) is 6.61 Å². The average molecular weight is 314 g/mol. The maximum Gasteiger partial charge on any atom is 0.219 e. The fraction of sp³-hybridized carbons (Fsp3) is 0.643. The molecule has 4 heteroatoms. The van der Waals surface area contributed by atoms with E-state index in [0.29, 0.717) is 11.8 Å². The lowest BCUT2D eigenvalue weighted by Crippen LogP contribution is -2.29. The van der Waals surface area contributed by atoms with Gasteiger partial charge in [0, 0.05) is 16.2 Å². The van der Waals surface area contributed by atoms with E-state index in [1.165, 1.54) is 6.42 Å². The summed E-state index contributed by atoms with van der Waals surface area (Å²) < 4.78 is 6.82. The second-order valence-corrected chi connectivity index (χ2v) is 6.20. The van der Waals surface area contributed by atoms with Crippen LogP contribution in [0.5, 0.6) is 5.88 Å². The number of pyridine rings is 1. The van der Waals surface area contributed by atoms with Crippen LogP contribution in [-0.4, -0.2) is 16.2 Å². The number of ether oxygens (including phenoxy) is 1. The standard InChI is InChI=1S/C14H20BrNO2/c1-9-3-4-13(5-10(9)2)18-14-11(8-17)6-12(15)7-16-14/h6-7,9-10,13,17H,3-5,8H2,1-2H3. The predicted molar refractivity (Wildman–Crippen MR) is 74.5 cm³/mol. The summed E-state index contributed by atoms with van der Waals surface area (Å²) in [6, 6.07) is 1.86. The minimum Gasteiger partial charge on any atom is -0.474 e. The Morgan fingerprint density at radius 3 is 2.83 bits per heavy atom. The van der Waals surface area contributed by atoms with Crippen LogP contribution < -0.4 is 4.74 Å². The Morgan fingerprint density at radius 2 is 2.17 bits per heavy atom. The molecule has 1 aromatic heterocycles. The molecule has 1 N–H and O–H groups in total. The van der Waals surface area contributed by atoms with Crippen LogP contribution >= 0.6 is 15.9 Å². The van der Waals surface area contributed by atoms with Crippen molar-refractivity contribution in [3.8, 4) is 5.88 Å². The van der Waals surface area contributed by atoms with Crippen molar-refractivity contribution in [1.82, 2.24) is 4.98 Å². The summed E-state index contributed by atoms with van der Waals surface area (Å²) in [5.41, 5.74) is 0.746. The fourth-order valence-corrected chi connectivity index (χ4v) is 2.83. The Balaban J connectivity index is 2.05. The summed E-state index contributed by atoms with van der Waals surface area (Å²) in [5.74, 6) is 2.05. The van der Waals surface area contributed by atoms with Crippen LogP contribution in [0.1, 0.15) is 38.7 Å². The van der Waals surface area contributed by atoms with Crippen molar-refractivity contribution in [3.63, 3.8) is 0 Å². The molecule has 1 heterocycles. The summed E-state index contributed by atoms with van der Waals surface area (Å²) >= 11 is 3.35. The van der Waals surface area contributed by atoms with Crippen molar-refractivity contribution in [2.24, 2.45) is 11.8 Å².